The molecule has 0 spiro atoms. The number of hydrogen-bond acceptors (Lipinski definition) is 6. The van der Waals surface area contributed by atoms with Crippen molar-refractivity contribution in [3.63, 3.8) is 0 Å². The first-order valence-electron chi connectivity index (χ1n) is 8.60. The zero-order valence-corrected chi connectivity index (χ0v) is 14.7. The van der Waals surface area contributed by atoms with Crippen LogP contribution in [0, 0.1) is 17.1 Å². The molecule has 1 aliphatic heterocycles. The van der Waals surface area contributed by atoms with Crippen LogP contribution in [-0.2, 0) is 20.7 Å². The van der Waals surface area contributed by atoms with E-state index in [0.29, 0.717) is 44.0 Å². The van der Waals surface area contributed by atoms with Gasteiger partial charge in [0.05, 0.1) is 31.2 Å². The van der Waals surface area contributed by atoms with Gasteiger partial charge in [-0.3, -0.25) is 4.79 Å². The van der Waals surface area contributed by atoms with Gasteiger partial charge in [-0.15, -0.1) is 0 Å². The van der Waals surface area contributed by atoms with E-state index in [1.165, 1.54) is 28.9 Å². The van der Waals surface area contributed by atoms with Gasteiger partial charge in [0.25, 0.3) is 5.91 Å². The Hall–Kier alpha value is -2.96. The molecule has 1 aliphatic rings. The highest BCUT2D eigenvalue weighted by Crippen LogP contribution is 2.21. The van der Waals surface area contributed by atoms with Crippen LogP contribution in [0.4, 0.5) is 10.2 Å². The molecule has 1 aromatic carbocycles. The molecule has 1 saturated heterocycles. The molecule has 0 aliphatic carbocycles. The fourth-order valence-electron chi connectivity index (χ4n) is 2.77. The number of halogens is 1. The number of ether oxygens (including phenoxy) is 2. The molecule has 27 heavy (non-hydrogen) atoms. The number of rotatable bonds is 6. The fourth-order valence-corrected chi connectivity index (χ4v) is 2.77. The monoisotopic (exact) mass is 373 g/mol. The number of carbonyl (C=O) groups excluding carboxylic acids is 1. The van der Waals surface area contributed by atoms with Crippen molar-refractivity contribution in [3.05, 3.63) is 41.3 Å². The highest BCUT2D eigenvalue weighted by Gasteiger charge is 2.22. The minimum absolute atomic E-state index is 0.205. The van der Waals surface area contributed by atoms with Gasteiger partial charge in [-0.05, 0) is 37.1 Å². The molecule has 9 heteroatoms. The first kappa shape index (κ1) is 18.8. The van der Waals surface area contributed by atoms with Crippen molar-refractivity contribution in [1.29, 1.82) is 5.26 Å². The van der Waals surface area contributed by atoms with E-state index in [4.69, 9.17) is 15.2 Å². The molecule has 2 aromatic rings. The third-order valence-corrected chi connectivity index (χ3v) is 4.17. The van der Waals surface area contributed by atoms with E-state index in [1.807, 2.05) is 0 Å². The Morgan fingerprint density at radius 1 is 1.41 bits per heavy atom. The average Bonchev–Trinajstić information content (AvgIpc) is 3.01. The van der Waals surface area contributed by atoms with Crippen LogP contribution in [0.2, 0.25) is 0 Å². The summed E-state index contributed by atoms with van der Waals surface area (Å²) in [6.45, 7) is 1.57. The van der Waals surface area contributed by atoms with Gasteiger partial charge in [-0.1, -0.05) is 0 Å². The van der Waals surface area contributed by atoms with Gasteiger partial charge in [0, 0.05) is 6.54 Å². The molecule has 142 valence electrons. The van der Waals surface area contributed by atoms with Gasteiger partial charge < -0.3 is 20.5 Å². The summed E-state index contributed by atoms with van der Waals surface area (Å²) in [6.07, 6.45) is 0.457. The maximum absolute atomic E-state index is 13.1. The van der Waals surface area contributed by atoms with Crippen molar-refractivity contribution >= 4 is 11.7 Å². The third kappa shape index (κ3) is 4.42. The molecular weight excluding hydrogens is 353 g/mol. The zero-order valence-electron chi connectivity index (χ0n) is 14.7. The quantitative estimate of drug-likeness (QED) is 0.728. The molecule has 0 bridgehead atoms. The lowest BCUT2D eigenvalue weighted by molar-refractivity contribution is -0.147. The first-order chi connectivity index (χ1) is 13.1. The lowest BCUT2D eigenvalue weighted by Gasteiger charge is -2.21. The minimum atomic E-state index is -0.582. The number of nitrogen functional groups attached to an aromatic ring is 1. The molecule has 0 radical (unpaired) electrons. The average molecular weight is 373 g/mol. The van der Waals surface area contributed by atoms with E-state index >= 15 is 0 Å². The number of anilines is 1. The van der Waals surface area contributed by atoms with Gasteiger partial charge in [0.15, 0.2) is 6.10 Å². The number of nitriles is 1. The summed E-state index contributed by atoms with van der Waals surface area (Å²) in [6, 6.07) is 7.74. The maximum Gasteiger partial charge on any atom is 0.251 e. The van der Waals surface area contributed by atoms with Crippen LogP contribution in [-0.4, -0.2) is 48.2 Å². The summed E-state index contributed by atoms with van der Waals surface area (Å²) in [5.41, 5.74) is 7.41. The third-order valence-electron chi connectivity index (χ3n) is 4.17. The topological polar surface area (TPSA) is 115 Å². The van der Waals surface area contributed by atoms with Gasteiger partial charge in [0.2, 0.25) is 0 Å². The van der Waals surface area contributed by atoms with Crippen LogP contribution < -0.4 is 11.1 Å². The number of nitrogens with zero attached hydrogens (tertiary/aromatic N) is 3. The largest absolute Gasteiger partial charge is 0.382 e. The SMILES string of the molecule is N#Cc1c(CCCNC(=O)[C@H]2COCCO2)nn(-c2ccc(F)cc2)c1N. The second-order valence-electron chi connectivity index (χ2n) is 6.04. The molecule has 1 fully saturated rings. The Morgan fingerprint density at radius 2 is 2.19 bits per heavy atom. The molecule has 0 unspecified atom stereocenters. The van der Waals surface area contributed by atoms with Crippen molar-refractivity contribution in [1.82, 2.24) is 15.1 Å². The van der Waals surface area contributed by atoms with Crippen molar-refractivity contribution in [2.24, 2.45) is 0 Å². The van der Waals surface area contributed by atoms with E-state index in [-0.39, 0.29) is 29.7 Å². The number of benzene rings is 1. The number of aromatic nitrogens is 2. The van der Waals surface area contributed by atoms with E-state index in [2.05, 4.69) is 16.5 Å². The van der Waals surface area contributed by atoms with Crippen molar-refractivity contribution in [2.45, 2.75) is 18.9 Å². The molecular formula is C18H20FN5O3. The molecule has 0 saturated carbocycles. The number of amides is 1. The van der Waals surface area contributed by atoms with Crippen LogP contribution in [0.15, 0.2) is 24.3 Å². The number of carbonyl (C=O) groups is 1. The summed E-state index contributed by atoms with van der Waals surface area (Å²) in [4.78, 5) is 12.0. The van der Waals surface area contributed by atoms with Crippen LogP contribution in [0.5, 0.6) is 0 Å². The number of nitrogens with two attached hydrogens (primary N) is 1. The maximum atomic E-state index is 13.1. The van der Waals surface area contributed by atoms with Crippen LogP contribution in [0.25, 0.3) is 5.69 Å². The van der Waals surface area contributed by atoms with Gasteiger partial charge in [-0.2, -0.15) is 10.4 Å². The van der Waals surface area contributed by atoms with Gasteiger partial charge in [-0.25, -0.2) is 9.07 Å². The summed E-state index contributed by atoms with van der Waals surface area (Å²) < 4.78 is 25.0. The first-order valence-corrected chi connectivity index (χ1v) is 8.60. The summed E-state index contributed by atoms with van der Waals surface area (Å²) in [5.74, 6) is -0.379. The van der Waals surface area contributed by atoms with Gasteiger partial charge >= 0.3 is 0 Å². The van der Waals surface area contributed by atoms with Crippen LogP contribution in [0.3, 0.4) is 0 Å². The van der Waals surface area contributed by atoms with E-state index in [9.17, 15) is 14.4 Å². The minimum Gasteiger partial charge on any atom is -0.382 e. The predicted octanol–water partition coefficient (Wildman–Crippen LogP) is 0.929. The lowest BCUT2D eigenvalue weighted by Crippen LogP contribution is -2.43. The normalized spacial score (nSPS) is 16.7. The van der Waals surface area contributed by atoms with E-state index in [1.54, 1.807) is 0 Å². The predicted molar refractivity (Wildman–Crippen MR) is 94.5 cm³/mol. The zero-order chi connectivity index (χ0) is 19.2. The van der Waals surface area contributed by atoms with Crippen molar-refractivity contribution in [3.8, 4) is 11.8 Å². The molecule has 1 aromatic heterocycles. The highest BCUT2D eigenvalue weighted by molar-refractivity contribution is 5.80. The standard InChI is InChI=1S/C18H20FN5O3/c19-12-3-5-13(6-4-12)24-17(21)14(10-20)15(23-24)2-1-7-22-18(25)16-11-26-8-9-27-16/h3-6,16H,1-2,7-9,11,21H2,(H,22,25)/t16-/m1/s1. The smallest absolute Gasteiger partial charge is 0.251 e. The molecule has 1 amide bonds. The van der Waals surface area contributed by atoms with E-state index in [0.717, 1.165) is 0 Å². The van der Waals surface area contributed by atoms with Crippen LogP contribution >= 0.6 is 0 Å². The molecule has 3 rings (SSSR count). The highest BCUT2D eigenvalue weighted by atomic mass is 19.1. The lowest BCUT2D eigenvalue weighted by atomic mass is 10.1. The Balaban J connectivity index is 1.60. The summed E-state index contributed by atoms with van der Waals surface area (Å²) in [5, 5.41) is 16.5. The summed E-state index contributed by atoms with van der Waals surface area (Å²) in [7, 11) is 0. The Kier molecular flexibility index (Phi) is 6.01. The number of aryl methyl sites for hydroxylation is 1. The number of nitrogens with one attached hydrogen (secondary N) is 1. The van der Waals surface area contributed by atoms with Crippen LogP contribution in [0.1, 0.15) is 17.7 Å². The Morgan fingerprint density at radius 3 is 2.85 bits per heavy atom. The molecule has 2 heterocycles. The fraction of sp³-hybridized carbons (Fsp3) is 0.389. The molecule has 3 N–H and O–H groups in total. The van der Waals surface area contributed by atoms with Gasteiger partial charge in [0.1, 0.15) is 23.3 Å². The number of hydrogen-bond donors (Lipinski definition) is 2. The Labute approximate surface area is 155 Å². The summed E-state index contributed by atoms with van der Waals surface area (Å²) >= 11 is 0. The van der Waals surface area contributed by atoms with Crippen molar-refractivity contribution < 1.29 is 18.7 Å². The second-order valence-corrected chi connectivity index (χ2v) is 6.04. The van der Waals surface area contributed by atoms with Crippen molar-refractivity contribution in [2.75, 3.05) is 32.1 Å². The van der Waals surface area contributed by atoms with E-state index < -0.39 is 6.10 Å². The molecule has 1 atom stereocenters. The molecule has 8 nitrogen and oxygen atoms in total. The second kappa shape index (κ2) is 8.62. The Bertz CT molecular complexity index is 838.